The van der Waals surface area contributed by atoms with Crippen LogP contribution in [0.2, 0.25) is 5.02 Å². The number of halogens is 1. The van der Waals surface area contributed by atoms with Crippen molar-refractivity contribution in [1.29, 1.82) is 0 Å². The van der Waals surface area contributed by atoms with Crippen LogP contribution >= 0.6 is 23.4 Å². The van der Waals surface area contributed by atoms with Crippen LogP contribution in [0.5, 0.6) is 11.5 Å². The maximum Gasteiger partial charge on any atom is 0.341 e. The fourth-order valence-corrected chi connectivity index (χ4v) is 3.80. The summed E-state index contributed by atoms with van der Waals surface area (Å²) in [4.78, 5) is 37.5. The molecule has 0 aliphatic carbocycles. The van der Waals surface area contributed by atoms with Crippen molar-refractivity contribution in [1.82, 2.24) is 4.90 Å². The number of thioether (sulfide) groups is 1. The second-order valence-electron chi connectivity index (χ2n) is 6.15. The molecule has 1 N–H and O–H groups in total. The number of carboxylic acids is 1. The van der Waals surface area contributed by atoms with Gasteiger partial charge in [-0.15, -0.1) is 0 Å². The third kappa shape index (κ3) is 4.95. The lowest BCUT2D eigenvalue weighted by atomic mass is 10.1. The number of aliphatic carboxylic acids is 1. The molecule has 7 nitrogen and oxygen atoms in total. The van der Waals surface area contributed by atoms with Gasteiger partial charge in [0.05, 0.1) is 18.1 Å². The number of para-hydroxylation sites is 1. The third-order valence-electron chi connectivity index (χ3n) is 4.10. The second kappa shape index (κ2) is 9.69. The van der Waals surface area contributed by atoms with Crippen molar-refractivity contribution < 1.29 is 29.0 Å². The van der Waals surface area contributed by atoms with E-state index in [1.165, 1.54) is 6.08 Å². The van der Waals surface area contributed by atoms with E-state index in [4.69, 9.17) is 26.2 Å². The number of amides is 2. The maximum atomic E-state index is 12.8. The Kier molecular flexibility index (Phi) is 7.02. The first-order valence-electron chi connectivity index (χ1n) is 9.00. The smallest absolute Gasteiger partial charge is 0.341 e. The minimum atomic E-state index is -1.15. The van der Waals surface area contributed by atoms with Gasteiger partial charge in [-0.3, -0.25) is 14.5 Å². The van der Waals surface area contributed by atoms with E-state index < -0.39 is 23.7 Å². The highest BCUT2D eigenvalue weighted by Crippen LogP contribution is 2.38. The molecule has 0 aromatic heterocycles. The quantitative estimate of drug-likeness (QED) is 0.598. The SMILES string of the molecule is CCOc1cccc(/C=C2\SC(=O)N(Cc3ccccc3Cl)C2=O)c1OCC(=O)O. The van der Waals surface area contributed by atoms with Gasteiger partial charge in [-0.25, -0.2) is 4.79 Å². The Bertz CT molecular complexity index is 1020. The Balaban J connectivity index is 1.90. The molecule has 2 aromatic carbocycles. The van der Waals surface area contributed by atoms with Crippen molar-refractivity contribution in [3.05, 3.63) is 63.5 Å². The van der Waals surface area contributed by atoms with Crippen LogP contribution in [0, 0.1) is 0 Å². The number of benzene rings is 2. The van der Waals surface area contributed by atoms with Gasteiger partial charge in [-0.05, 0) is 42.5 Å². The summed E-state index contributed by atoms with van der Waals surface area (Å²) >= 11 is 6.94. The minimum Gasteiger partial charge on any atom is -0.490 e. The van der Waals surface area contributed by atoms with Crippen molar-refractivity contribution in [2.45, 2.75) is 13.5 Å². The molecule has 0 radical (unpaired) electrons. The first-order valence-corrected chi connectivity index (χ1v) is 10.2. The van der Waals surface area contributed by atoms with Crippen LogP contribution in [0.1, 0.15) is 18.1 Å². The topological polar surface area (TPSA) is 93.1 Å². The fraction of sp³-hybridized carbons (Fsp3) is 0.190. The lowest BCUT2D eigenvalue weighted by Crippen LogP contribution is -2.27. The monoisotopic (exact) mass is 447 g/mol. The van der Waals surface area contributed by atoms with Crippen LogP contribution in [0.15, 0.2) is 47.4 Å². The molecule has 156 valence electrons. The van der Waals surface area contributed by atoms with Crippen molar-refractivity contribution in [3.8, 4) is 11.5 Å². The van der Waals surface area contributed by atoms with Crippen LogP contribution in [-0.4, -0.2) is 40.3 Å². The zero-order valence-corrected chi connectivity index (χ0v) is 17.5. The van der Waals surface area contributed by atoms with Gasteiger partial charge >= 0.3 is 5.97 Å². The van der Waals surface area contributed by atoms with E-state index in [-0.39, 0.29) is 17.2 Å². The van der Waals surface area contributed by atoms with Crippen LogP contribution in [0.4, 0.5) is 4.79 Å². The van der Waals surface area contributed by atoms with Crippen LogP contribution in [0.3, 0.4) is 0 Å². The zero-order valence-electron chi connectivity index (χ0n) is 16.0. The van der Waals surface area contributed by atoms with Crippen LogP contribution in [0.25, 0.3) is 6.08 Å². The first-order chi connectivity index (χ1) is 14.4. The Morgan fingerprint density at radius 2 is 1.93 bits per heavy atom. The molecule has 1 aliphatic rings. The summed E-state index contributed by atoms with van der Waals surface area (Å²) in [6, 6.07) is 12.0. The van der Waals surface area contributed by atoms with E-state index in [1.54, 1.807) is 49.4 Å². The normalized spacial score (nSPS) is 15.0. The molecule has 9 heteroatoms. The lowest BCUT2D eigenvalue weighted by molar-refractivity contribution is -0.139. The van der Waals surface area contributed by atoms with Gasteiger partial charge < -0.3 is 14.6 Å². The third-order valence-corrected chi connectivity index (χ3v) is 5.37. The number of carboxylic acid groups (broad SMARTS) is 1. The van der Waals surface area contributed by atoms with Crippen molar-refractivity contribution in [3.63, 3.8) is 0 Å². The molecule has 1 fully saturated rings. The average molecular weight is 448 g/mol. The van der Waals surface area contributed by atoms with Crippen LogP contribution < -0.4 is 9.47 Å². The number of imide groups is 1. The summed E-state index contributed by atoms with van der Waals surface area (Å²) in [5, 5.41) is 8.99. The van der Waals surface area contributed by atoms with Gasteiger partial charge in [-0.2, -0.15) is 0 Å². The average Bonchev–Trinajstić information content (AvgIpc) is 2.96. The van der Waals surface area contributed by atoms with Crippen molar-refractivity contribution in [2.24, 2.45) is 0 Å². The number of carbonyl (C=O) groups is 3. The lowest BCUT2D eigenvalue weighted by Gasteiger charge is -2.14. The Morgan fingerprint density at radius 3 is 2.63 bits per heavy atom. The Morgan fingerprint density at radius 1 is 1.17 bits per heavy atom. The summed E-state index contributed by atoms with van der Waals surface area (Å²) in [5.41, 5.74) is 1.09. The summed E-state index contributed by atoms with van der Waals surface area (Å²) < 4.78 is 10.9. The van der Waals surface area contributed by atoms with E-state index in [2.05, 4.69) is 0 Å². The highest BCUT2D eigenvalue weighted by Gasteiger charge is 2.35. The van der Waals surface area contributed by atoms with Gasteiger partial charge in [0.25, 0.3) is 11.1 Å². The minimum absolute atomic E-state index is 0.0586. The molecule has 3 rings (SSSR count). The molecule has 0 spiro atoms. The van der Waals surface area contributed by atoms with E-state index >= 15 is 0 Å². The van der Waals surface area contributed by atoms with Crippen molar-refractivity contribution >= 4 is 46.6 Å². The van der Waals surface area contributed by atoms with E-state index in [0.717, 1.165) is 16.7 Å². The summed E-state index contributed by atoms with van der Waals surface area (Å²) in [5.74, 6) is -1.06. The molecule has 30 heavy (non-hydrogen) atoms. The molecule has 1 aliphatic heterocycles. The fourth-order valence-electron chi connectivity index (χ4n) is 2.78. The molecule has 0 saturated carbocycles. The van der Waals surface area contributed by atoms with Gasteiger partial charge in [-0.1, -0.05) is 41.9 Å². The van der Waals surface area contributed by atoms with E-state index in [9.17, 15) is 14.4 Å². The zero-order chi connectivity index (χ0) is 21.7. The molecule has 0 unspecified atom stereocenters. The first kappa shape index (κ1) is 21.7. The van der Waals surface area contributed by atoms with E-state index in [0.29, 0.717) is 28.5 Å². The van der Waals surface area contributed by atoms with Gasteiger partial charge in [0, 0.05) is 10.6 Å². The Labute approximate surface area is 182 Å². The maximum absolute atomic E-state index is 12.8. The van der Waals surface area contributed by atoms with Gasteiger partial charge in [0.15, 0.2) is 18.1 Å². The molecular formula is C21H18ClNO6S. The predicted octanol–water partition coefficient (Wildman–Crippen LogP) is 4.44. The standard InChI is InChI=1S/C21H18ClNO6S/c1-2-28-16-9-5-7-13(19(16)29-12-18(24)25)10-17-20(26)23(21(27)30-17)11-14-6-3-4-8-15(14)22/h3-10H,2,11-12H2,1H3,(H,24,25)/b17-10-. The number of rotatable bonds is 8. The largest absolute Gasteiger partial charge is 0.490 e. The van der Waals surface area contributed by atoms with Gasteiger partial charge in [0.1, 0.15) is 0 Å². The predicted molar refractivity (Wildman–Crippen MR) is 114 cm³/mol. The highest BCUT2D eigenvalue weighted by atomic mass is 35.5. The second-order valence-corrected chi connectivity index (χ2v) is 7.55. The van der Waals surface area contributed by atoms with E-state index in [1.807, 2.05) is 0 Å². The molecule has 2 aromatic rings. The molecule has 0 atom stereocenters. The summed E-state index contributed by atoms with van der Waals surface area (Å²) in [7, 11) is 0. The molecule has 1 heterocycles. The molecule has 2 amide bonds. The summed E-state index contributed by atoms with van der Waals surface area (Å²) in [6.07, 6.45) is 1.50. The van der Waals surface area contributed by atoms with Crippen LogP contribution in [-0.2, 0) is 16.1 Å². The molecule has 0 bridgehead atoms. The summed E-state index contributed by atoms with van der Waals surface area (Å²) in [6.45, 7) is 1.62. The number of hydrogen-bond acceptors (Lipinski definition) is 6. The number of nitrogens with zero attached hydrogens (tertiary/aromatic N) is 1. The van der Waals surface area contributed by atoms with Crippen molar-refractivity contribution in [2.75, 3.05) is 13.2 Å². The number of ether oxygens (including phenoxy) is 2. The number of hydrogen-bond donors (Lipinski definition) is 1. The number of carbonyl (C=O) groups excluding carboxylic acids is 2. The molecular weight excluding hydrogens is 430 g/mol. The molecule has 1 saturated heterocycles. The Hall–Kier alpha value is -2.97. The highest BCUT2D eigenvalue weighted by molar-refractivity contribution is 8.18. The van der Waals surface area contributed by atoms with Gasteiger partial charge in [0.2, 0.25) is 0 Å².